The molecular formula is C29H37Cl2N5O4. The number of halogens is 2. The Morgan fingerprint density at radius 2 is 1.93 bits per heavy atom. The second-order valence-electron chi connectivity index (χ2n) is 10.6. The number of amides is 1. The summed E-state index contributed by atoms with van der Waals surface area (Å²) in [5.41, 5.74) is 9.72. The highest BCUT2D eigenvalue weighted by atomic mass is 35.5. The van der Waals surface area contributed by atoms with Gasteiger partial charge in [-0.3, -0.25) is 14.6 Å². The predicted molar refractivity (Wildman–Crippen MR) is 159 cm³/mol. The molecule has 9 nitrogen and oxygen atoms in total. The number of aliphatic imine (C=N–C) groups is 1. The zero-order valence-electron chi connectivity index (χ0n) is 23.6. The number of hydrogen-bond acceptors (Lipinski definition) is 8. The molecule has 3 rings (SSSR count). The number of pyridine rings is 1. The Hall–Kier alpha value is -3.14. The molecule has 0 spiro atoms. The fraction of sp³-hybridized carbons (Fsp3) is 0.448. The van der Waals surface area contributed by atoms with Crippen molar-refractivity contribution in [3.05, 3.63) is 68.0 Å². The van der Waals surface area contributed by atoms with E-state index in [9.17, 15) is 9.59 Å². The SMILES string of the molecule is COC(=O)CC(NC(=O)C(C=NCc1cc2c(nc1C)NCCC2)=C(N)COC(C)(C)C)c1cc(Cl)cc(Cl)c1. The van der Waals surface area contributed by atoms with Crippen LogP contribution in [0.4, 0.5) is 5.82 Å². The van der Waals surface area contributed by atoms with E-state index in [-0.39, 0.29) is 24.3 Å². The minimum absolute atomic E-state index is 0.00797. The molecular weight excluding hydrogens is 553 g/mol. The Balaban J connectivity index is 1.90. The lowest BCUT2D eigenvalue weighted by atomic mass is 10.0. The van der Waals surface area contributed by atoms with Crippen molar-refractivity contribution in [2.24, 2.45) is 10.7 Å². The van der Waals surface area contributed by atoms with E-state index < -0.39 is 23.5 Å². The molecule has 1 amide bonds. The summed E-state index contributed by atoms with van der Waals surface area (Å²) in [7, 11) is 1.28. The molecule has 1 unspecified atom stereocenters. The number of anilines is 1. The molecule has 0 fully saturated rings. The molecule has 0 bridgehead atoms. The summed E-state index contributed by atoms with van der Waals surface area (Å²) in [6.07, 6.45) is 3.29. The van der Waals surface area contributed by atoms with Crippen LogP contribution in [-0.4, -0.2) is 48.9 Å². The maximum absolute atomic E-state index is 13.6. The van der Waals surface area contributed by atoms with Gasteiger partial charge < -0.3 is 25.8 Å². The van der Waals surface area contributed by atoms with Crippen molar-refractivity contribution in [2.45, 2.75) is 65.1 Å². The van der Waals surface area contributed by atoms with Gasteiger partial charge in [0, 0.05) is 34.2 Å². The number of carbonyl (C=O) groups is 2. The van der Waals surface area contributed by atoms with Crippen LogP contribution in [0.1, 0.15) is 62.0 Å². The number of benzene rings is 1. The molecule has 40 heavy (non-hydrogen) atoms. The van der Waals surface area contributed by atoms with Crippen LogP contribution in [0.3, 0.4) is 0 Å². The van der Waals surface area contributed by atoms with E-state index in [1.54, 1.807) is 18.2 Å². The van der Waals surface area contributed by atoms with Gasteiger partial charge >= 0.3 is 5.97 Å². The fourth-order valence-electron chi connectivity index (χ4n) is 4.09. The first kappa shape index (κ1) is 31.4. The topological polar surface area (TPSA) is 128 Å². The van der Waals surface area contributed by atoms with Gasteiger partial charge in [-0.2, -0.15) is 0 Å². The van der Waals surface area contributed by atoms with E-state index in [0.29, 0.717) is 22.2 Å². The van der Waals surface area contributed by atoms with Crippen LogP contribution in [0.15, 0.2) is 40.5 Å². The van der Waals surface area contributed by atoms with Gasteiger partial charge in [-0.15, -0.1) is 0 Å². The number of fused-ring (bicyclic) bond motifs is 1. The molecule has 0 saturated heterocycles. The highest BCUT2D eigenvalue weighted by Gasteiger charge is 2.23. The zero-order valence-corrected chi connectivity index (χ0v) is 25.1. The second kappa shape index (κ2) is 14.0. The van der Waals surface area contributed by atoms with Crippen LogP contribution in [-0.2, 0) is 32.0 Å². The third-order valence-corrected chi connectivity index (χ3v) is 6.67. The number of methoxy groups -OCH3 is 1. The lowest BCUT2D eigenvalue weighted by molar-refractivity contribution is -0.141. The Morgan fingerprint density at radius 1 is 1.23 bits per heavy atom. The van der Waals surface area contributed by atoms with Gasteiger partial charge in [0.15, 0.2) is 0 Å². The van der Waals surface area contributed by atoms with Gasteiger partial charge in [0.05, 0.1) is 43.9 Å². The van der Waals surface area contributed by atoms with Crippen molar-refractivity contribution in [1.29, 1.82) is 0 Å². The summed E-state index contributed by atoms with van der Waals surface area (Å²) >= 11 is 12.4. The van der Waals surface area contributed by atoms with Crippen molar-refractivity contribution >= 4 is 47.1 Å². The molecule has 1 aromatic carbocycles. The second-order valence-corrected chi connectivity index (χ2v) is 11.5. The molecule has 2 heterocycles. The molecule has 0 radical (unpaired) electrons. The van der Waals surface area contributed by atoms with Crippen LogP contribution < -0.4 is 16.4 Å². The Morgan fingerprint density at radius 3 is 2.58 bits per heavy atom. The number of nitrogens with zero attached hydrogens (tertiary/aromatic N) is 2. The minimum Gasteiger partial charge on any atom is -0.469 e. The zero-order chi connectivity index (χ0) is 29.4. The lowest BCUT2D eigenvalue weighted by Gasteiger charge is -2.22. The summed E-state index contributed by atoms with van der Waals surface area (Å²) < 4.78 is 10.7. The Kier molecular flexibility index (Phi) is 11.0. The first-order valence-corrected chi connectivity index (χ1v) is 13.8. The molecule has 216 valence electrons. The summed E-state index contributed by atoms with van der Waals surface area (Å²) in [4.78, 5) is 35.0. The van der Waals surface area contributed by atoms with Crippen molar-refractivity contribution < 1.29 is 19.1 Å². The number of carbonyl (C=O) groups excluding carboxylic acids is 2. The number of nitrogens with two attached hydrogens (primary N) is 1. The average Bonchev–Trinajstić information content (AvgIpc) is 2.88. The van der Waals surface area contributed by atoms with Crippen LogP contribution in [0.5, 0.6) is 0 Å². The van der Waals surface area contributed by atoms with Gasteiger partial charge in [-0.1, -0.05) is 23.2 Å². The van der Waals surface area contributed by atoms with E-state index in [4.69, 9.17) is 38.4 Å². The van der Waals surface area contributed by atoms with E-state index in [1.165, 1.54) is 13.3 Å². The normalized spacial score (nSPS) is 14.7. The largest absolute Gasteiger partial charge is 0.469 e. The van der Waals surface area contributed by atoms with Crippen molar-refractivity contribution in [1.82, 2.24) is 10.3 Å². The van der Waals surface area contributed by atoms with Crippen molar-refractivity contribution in [2.75, 3.05) is 25.6 Å². The summed E-state index contributed by atoms with van der Waals surface area (Å²) in [5, 5.41) is 6.93. The molecule has 1 aliphatic heterocycles. The summed E-state index contributed by atoms with van der Waals surface area (Å²) in [6, 6.07) is 6.15. The Bertz CT molecular complexity index is 1280. The maximum Gasteiger partial charge on any atom is 0.307 e. The van der Waals surface area contributed by atoms with Crippen LogP contribution in [0.2, 0.25) is 10.0 Å². The number of aryl methyl sites for hydroxylation is 2. The Labute approximate surface area is 245 Å². The molecule has 1 aliphatic rings. The quantitative estimate of drug-likeness (QED) is 0.200. The first-order valence-electron chi connectivity index (χ1n) is 13.1. The predicted octanol–water partition coefficient (Wildman–Crippen LogP) is 5.07. The third-order valence-electron chi connectivity index (χ3n) is 6.24. The van der Waals surface area contributed by atoms with E-state index in [1.807, 2.05) is 27.7 Å². The molecule has 2 aromatic rings. The van der Waals surface area contributed by atoms with Gasteiger partial charge in [-0.05, 0) is 81.5 Å². The summed E-state index contributed by atoms with van der Waals surface area (Å²) in [6.45, 7) is 8.84. The highest BCUT2D eigenvalue weighted by molar-refractivity contribution is 6.34. The van der Waals surface area contributed by atoms with E-state index in [2.05, 4.69) is 26.7 Å². The summed E-state index contributed by atoms with van der Waals surface area (Å²) in [5.74, 6) is -0.138. The number of aromatic nitrogens is 1. The minimum atomic E-state index is -0.782. The standard InChI is InChI=1S/C29H37Cl2N5O4/c1-17-20(9-18-7-6-8-34-27(18)35-17)14-33-15-23(24(32)16-40-29(2,3)4)28(38)36-25(13-26(37)39-5)19-10-21(30)12-22(31)11-19/h9-12,15,25H,6-8,13-14,16,32H2,1-5H3,(H,34,35)(H,36,38). The number of nitrogens with one attached hydrogen (secondary N) is 2. The van der Waals surface area contributed by atoms with Gasteiger partial charge in [0.2, 0.25) is 0 Å². The maximum atomic E-state index is 13.6. The third kappa shape index (κ3) is 9.21. The lowest BCUT2D eigenvalue weighted by Crippen LogP contribution is -2.34. The van der Waals surface area contributed by atoms with Crippen LogP contribution in [0.25, 0.3) is 0 Å². The monoisotopic (exact) mass is 589 g/mol. The molecule has 4 N–H and O–H groups in total. The molecule has 1 aromatic heterocycles. The highest BCUT2D eigenvalue weighted by Crippen LogP contribution is 2.27. The van der Waals surface area contributed by atoms with E-state index in [0.717, 1.165) is 42.0 Å². The van der Waals surface area contributed by atoms with Gasteiger partial charge in [-0.25, -0.2) is 4.98 Å². The van der Waals surface area contributed by atoms with E-state index >= 15 is 0 Å². The molecule has 11 heteroatoms. The smallest absolute Gasteiger partial charge is 0.307 e. The van der Waals surface area contributed by atoms with Gasteiger partial charge in [0.25, 0.3) is 5.91 Å². The fourth-order valence-corrected chi connectivity index (χ4v) is 4.64. The number of esters is 1. The number of rotatable bonds is 10. The van der Waals surface area contributed by atoms with Crippen LogP contribution in [0, 0.1) is 6.92 Å². The van der Waals surface area contributed by atoms with Crippen LogP contribution >= 0.6 is 23.2 Å². The number of hydrogen-bond donors (Lipinski definition) is 3. The van der Waals surface area contributed by atoms with Gasteiger partial charge in [0.1, 0.15) is 5.82 Å². The molecule has 1 atom stereocenters. The molecule has 0 saturated carbocycles. The molecule has 0 aliphatic carbocycles. The average molecular weight is 591 g/mol. The number of ether oxygens (including phenoxy) is 2. The van der Waals surface area contributed by atoms with Crippen molar-refractivity contribution in [3.63, 3.8) is 0 Å². The van der Waals surface area contributed by atoms with Crippen molar-refractivity contribution in [3.8, 4) is 0 Å². The first-order chi connectivity index (χ1) is 18.9.